The first kappa shape index (κ1) is 23.7. The number of rotatable bonds is 9. The molecule has 0 fully saturated rings. The van der Waals surface area contributed by atoms with E-state index >= 15 is 0 Å². The van der Waals surface area contributed by atoms with Crippen molar-refractivity contribution in [2.45, 2.75) is 34.1 Å². The summed E-state index contributed by atoms with van der Waals surface area (Å²) >= 11 is 0. The van der Waals surface area contributed by atoms with Crippen LogP contribution in [0.4, 0.5) is 0 Å². The number of ether oxygens (including phenoxy) is 3. The van der Waals surface area contributed by atoms with Crippen molar-refractivity contribution in [3.05, 3.63) is 40.5 Å². The molecule has 1 aliphatic rings. The highest BCUT2D eigenvalue weighted by atomic mass is 16.5. The third-order valence-corrected chi connectivity index (χ3v) is 4.49. The predicted octanol–water partition coefficient (Wildman–Crippen LogP) is 3.03. The zero-order valence-corrected chi connectivity index (χ0v) is 18.2. The Labute approximate surface area is 181 Å². The van der Waals surface area contributed by atoms with E-state index in [1.165, 1.54) is 6.92 Å². The molecule has 8 heteroatoms. The molecule has 2 rings (SSSR count). The van der Waals surface area contributed by atoms with Gasteiger partial charge in [0.25, 0.3) is 11.8 Å². The Hall–Kier alpha value is -3.60. The second kappa shape index (κ2) is 11.0. The van der Waals surface area contributed by atoms with Crippen LogP contribution in [0, 0.1) is 11.3 Å². The molecule has 0 aliphatic carbocycles. The summed E-state index contributed by atoms with van der Waals surface area (Å²) in [7, 11) is 0. The maximum atomic E-state index is 13.0. The Morgan fingerprint density at radius 1 is 1.13 bits per heavy atom. The Morgan fingerprint density at radius 2 is 1.87 bits per heavy atom. The normalized spacial score (nSPS) is 15.2. The van der Waals surface area contributed by atoms with Crippen LogP contribution in [-0.4, -0.2) is 49.0 Å². The van der Waals surface area contributed by atoms with Gasteiger partial charge in [-0.3, -0.25) is 19.3 Å². The molecule has 0 spiro atoms. The van der Waals surface area contributed by atoms with Crippen molar-refractivity contribution < 1.29 is 28.6 Å². The van der Waals surface area contributed by atoms with E-state index in [1.54, 1.807) is 31.2 Å². The summed E-state index contributed by atoms with van der Waals surface area (Å²) in [4.78, 5) is 37.5. The van der Waals surface area contributed by atoms with Crippen molar-refractivity contribution in [3.8, 4) is 17.6 Å². The van der Waals surface area contributed by atoms with Crippen LogP contribution in [-0.2, 0) is 19.1 Å². The smallest absolute Gasteiger partial charge is 0.302 e. The lowest BCUT2D eigenvalue weighted by Gasteiger charge is -2.27. The molecular formula is C23H26N2O6. The molecule has 1 heterocycles. The number of imide groups is 1. The minimum Gasteiger partial charge on any atom is -0.490 e. The first-order chi connectivity index (χ1) is 14.8. The van der Waals surface area contributed by atoms with Crippen LogP contribution in [0.3, 0.4) is 0 Å². The minimum atomic E-state index is -0.701. The highest BCUT2D eigenvalue weighted by molar-refractivity contribution is 6.19. The summed E-state index contributed by atoms with van der Waals surface area (Å²) < 4.78 is 16.2. The number of nitrogens with zero attached hydrogens (tertiary/aromatic N) is 2. The number of nitriles is 1. The molecule has 0 radical (unpaired) electrons. The first-order valence-electron chi connectivity index (χ1n) is 10.1. The molecule has 0 unspecified atom stereocenters. The average Bonchev–Trinajstić information content (AvgIpc) is 2.73. The molecule has 0 N–H and O–H groups in total. The van der Waals surface area contributed by atoms with Crippen molar-refractivity contribution in [2.75, 3.05) is 26.4 Å². The standard InChI is InChI=1S/C23H26N2O6/c1-5-10-31-20-8-7-17(13-21(20)29-6-2)12-18-15(3)19(14-24)23(28)25(22(18)27)9-11-30-16(4)26/h7-8,12-13H,5-6,9-11H2,1-4H3/b18-12+. The van der Waals surface area contributed by atoms with E-state index in [9.17, 15) is 19.6 Å². The van der Waals surface area contributed by atoms with Crippen LogP contribution in [0.2, 0.25) is 0 Å². The number of carbonyl (C=O) groups excluding carboxylic acids is 3. The van der Waals surface area contributed by atoms with Gasteiger partial charge in [0.05, 0.1) is 19.8 Å². The van der Waals surface area contributed by atoms with Crippen LogP contribution in [0.15, 0.2) is 34.9 Å². The molecule has 0 bridgehead atoms. The van der Waals surface area contributed by atoms with Gasteiger partial charge in [0.1, 0.15) is 18.2 Å². The van der Waals surface area contributed by atoms with Crippen LogP contribution >= 0.6 is 0 Å². The fourth-order valence-corrected chi connectivity index (χ4v) is 2.99. The Balaban J connectivity index is 2.44. The highest BCUT2D eigenvalue weighted by Gasteiger charge is 2.35. The van der Waals surface area contributed by atoms with Crippen molar-refractivity contribution >= 4 is 23.9 Å². The molecule has 1 aliphatic heterocycles. The van der Waals surface area contributed by atoms with Crippen molar-refractivity contribution in [3.63, 3.8) is 0 Å². The van der Waals surface area contributed by atoms with Gasteiger partial charge in [-0.15, -0.1) is 0 Å². The number of carbonyl (C=O) groups is 3. The molecule has 0 aromatic heterocycles. The third kappa shape index (κ3) is 5.72. The fourth-order valence-electron chi connectivity index (χ4n) is 2.99. The Morgan fingerprint density at radius 3 is 2.48 bits per heavy atom. The summed E-state index contributed by atoms with van der Waals surface area (Å²) in [5.41, 5.74) is 1.04. The summed E-state index contributed by atoms with van der Waals surface area (Å²) in [5.74, 6) is -0.637. The highest BCUT2D eigenvalue weighted by Crippen LogP contribution is 2.32. The van der Waals surface area contributed by atoms with Gasteiger partial charge in [-0.2, -0.15) is 5.26 Å². The van der Waals surface area contributed by atoms with Crippen molar-refractivity contribution in [1.82, 2.24) is 4.90 Å². The Kier molecular flexibility index (Phi) is 8.38. The topological polar surface area (TPSA) is 106 Å². The lowest BCUT2D eigenvalue weighted by Crippen LogP contribution is -2.44. The second-order valence-electron chi connectivity index (χ2n) is 6.76. The molecule has 0 atom stereocenters. The summed E-state index contributed by atoms with van der Waals surface area (Å²) in [6.45, 7) is 7.37. The maximum absolute atomic E-state index is 13.0. The predicted molar refractivity (Wildman–Crippen MR) is 113 cm³/mol. The number of hydrogen-bond donors (Lipinski definition) is 0. The fraction of sp³-hybridized carbons (Fsp3) is 0.391. The van der Waals surface area contributed by atoms with E-state index in [2.05, 4.69) is 0 Å². The molecule has 8 nitrogen and oxygen atoms in total. The van der Waals surface area contributed by atoms with Crippen LogP contribution < -0.4 is 9.47 Å². The zero-order chi connectivity index (χ0) is 23.0. The number of amides is 2. The van der Waals surface area contributed by atoms with E-state index < -0.39 is 17.8 Å². The number of benzene rings is 1. The summed E-state index contributed by atoms with van der Waals surface area (Å²) in [6.07, 6.45) is 2.45. The molecule has 1 aromatic carbocycles. The monoisotopic (exact) mass is 426 g/mol. The van der Waals surface area contributed by atoms with E-state index in [0.717, 1.165) is 11.3 Å². The van der Waals surface area contributed by atoms with E-state index in [0.29, 0.717) is 35.8 Å². The van der Waals surface area contributed by atoms with Crippen LogP contribution in [0.1, 0.15) is 39.7 Å². The van der Waals surface area contributed by atoms with Gasteiger partial charge in [0.2, 0.25) is 0 Å². The largest absolute Gasteiger partial charge is 0.490 e. The molecule has 31 heavy (non-hydrogen) atoms. The molecule has 164 valence electrons. The Bertz CT molecular complexity index is 971. The van der Waals surface area contributed by atoms with Gasteiger partial charge < -0.3 is 14.2 Å². The van der Waals surface area contributed by atoms with Gasteiger partial charge in [-0.05, 0) is 49.6 Å². The quantitative estimate of drug-likeness (QED) is 0.339. The van der Waals surface area contributed by atoms with Crippen LogP contribution in [0.5, 0.6) is 11.5 Å². The lowest BCUT2D eigenvalue weighted by molar-refractivity contribution is -0.147. The zero-order valence-electron chi connectivity index (χ0n) is 18.2. The van der Waals surface area contributed by atoms with Crippen LogP contribution in [0.25, 0.3) is 6.08 Å². The molecule has 1 aromatic rings. The van der Waals surface area contributed by atoms with E-state index in [4.69, 9.17) is 14.2 Å². The summed E-state index contributed by atoms with van der Waals surface area (Å²) in [6, 6.07) is 7.15. The lowest BCUT2D eigenvalue weighted by atomic mass is 9.93. The third-order valence-electron chi connectivity index (χ3n) is 4.49. The summed E-state index contributed by atoms with van der Waals surface area (Å²) in [5, 5.41) is 9.45. The first-order valence-corrected chi connectivity index (χ1v) is 10.1. The number of hydrogen-bond acceptors (Lipinski definition) is 7. The van der Waals surface area contributed by atoms with Gasteiger partial charge in [-0.25, -0.2) is 0 Å². The minimum absolute atomic E-state index is 0.124. The second-order valence-corrected chi connectivity index (χ2v) is 6.76. The van der Waals surface area contributed by atoms with Gasteiger partial charge in [0.15, 0.2) is 11.5 Å². The SMILES string of the molecule is CCCOc1ccc(/C=C2/C(=O)N(CCOC(C)=O)C(=O)C(C#N)=C2C)cc1OCC. The van der Waals surface area contributed by atoms with Gasteiger partial charge >= 0.3 is 5.97 Å². The van der Waals surface area contributed by atoms with E-state index in [1.807, 2.05) is 19.9 Å². The number of esters is 1. The van der Waals surface area contributed by atoms with Crippen molar-refractivity contribution in [1.29, 1.82) is 5.26 Å². The van der Waals surface area contributed by atoms with Gasteiger partial charge in [0, 0.05) is 12.5 Å². The maximum Gasteiger partial charge on any atom is 0.302 e. The van der Waals surface area contributed by atoms with E-state index in [-0.39, 0.29) is 24.3 Å². The van der Waals surface area contributed by atoms with Crippen molar-refractivity contribution in [2.24, 2.45) is 0 Å². The molecule has 0 saturated carbocycles. The average molecular weight is 426 g/mol. The molecular weight excluding hydrogens is 400 g/mol. The molecule has 2 amide bonds. The molecule has 0 saturated heterocycles. The van der Waals surface area contributed by atoms with Gasteiger partial charge in [-0.1, -0.05) is 13.0 Å².